The molecule has 3 rings (SSSR count). The zero-order chi connectivity index (χ0) is 24.8. The molecule has 0 saturated heterocycles. The van der Waals surface area contributed by atoms with E-state index in [9.17, 15) is 19.7 Å². The van der Waals surface area contributed by atoms with Gasteiger partial charge in [0.15, 0.2) is 0 Å². The number of hydrogen-bond acceptors (Lipinski definition) is 5. The van der Waals surface area contributed by atoms with E-state index < -0.39 is 16.7 Å². The van der Waals surface area contributed by atoms with Crippen molar-refractivity contribution in [3.05, 3.63) is 103 Å². The summed E-state index contributed by atoms with van der Waals surface area (Å²) < 4.78 is 5.22. The first-order valence-corrected chi connectivity index (χ1v) is 10.6. The number of nitrogens with one attached hydrogen (secondary N) is 2. The summed E-state index contributed by atoms with van der Waals surface area (Å²) in [6.07, 6.45) is 1.33. The number of hydrogen-bond donors (Lipinski definition) is 2. The van der Waals surface area contributed by atoms with Gasteiger partial charge in [-0.05, 0) is 54.5 Å². The molecule has 0 aliphatic rings. The number of nitro benzene ring substituents is 1. The number of anilines is 1. The Bertz CT molecular complexity index is 1310. The van der Waals surface area contributed by atoms with Crippen molar-refractivity contribution in [1.82, 2.24) is 5.32 Å². The van der Waals surface area contributed by atoms with Gasteiger partial charge in [0.2, 0.25) is 0 Å². The molecule has 174 valence electrons. The van der Waals surface area contributed by atoms with Gasteiger partial charge in [-0.15, -0.1) is 0 Å². The van der Waals surface area contributed by atoms with Crippen LogP contribution in [0.5, 0.6) is 5.75 Å². The Kier molecular flexibility index (Phi) is 7.88. The van der Waals surface area contributed by atoms with Gasteiger partial charge < -0.3 is 15.4 Å². The molecule has 0 spiro atoms. The Hall–Kier alpha value is -3.88. The maximum Gasteiger partial charge on any atom is 0.272 e. The van der Waals surface area contributed by atoms with Crippen LogP contribution in [0.3, 0.4) is 0 Å². The molecule has 0 aliphatic heterocycles. The maximum atomic E-state index is 13.2. The van der Waals surface area contributed by atoms with Gasteiger partial charge in [-0.25, -0.2) is 0 Å². The average Bonchev–Trinajstić information content (AvgIpc) is 2.81. The Morgan fingerprint density at radius 2 is 1.74 bits per heavy atom. The van der Waals surface area contributed by atoms with Crippen LogP contribution in [0.4, 0.5) is 11.4 Å². The normalized spacial score (nSPS) is 11.0. The van der Waals surface area contributed by atoms with Crippen LogP contribution in [0, 0.1) is 17.0 Å². The molecule has 0 bridgehead atoms. The summed E-state index contributed by atoms with van der Waals surface area (Å²) in [6.45, 7) is 1.78. The second-order valence-electron chi connectivity index (χ2n) is 7.12. The number of rotatable bonds is 7. The number of ether oxygens (including phenoxy) is 1. The fourth-order valence-corrected chi connectivity index (χ4v) is 3.36. The number of non-ortho nitro benzene ring substituents is 1. The first-order chi connectivity index (χ1) is 16.2. The fraction of sp³-hybridized carbons (Fsp3) is 0.0833. The van der Waals surface area contributed by atoms with Crippen molar-refractivity contribution >= 4 is 52.5 Å². The minimum absolute atomic E-state index is 0.103. The molecule has 0 fully saturated rings. The maximum absolute atomic E-state index is 13.2. The van der Waals surface area contributed by atoms with E-state index in [2.05, 4.69) is 10.6 Å². The third kappa shape index (κ3) is 6.12. The lowest BCUT2D eigenvalue weighted by molar-refractivity contribution is -0.384. The summed E-state index contributed by atoms with van der Waals surface area (Å²) in [6, 6.07) is 15.1. The first kappa shape index (κ1) is 24.8. The molecule has 0 saturated carbocycles. The Labute approximate surface area is 205 Å². The predicted octanol–water partition coefficient (Wildman–Crippen LogP) is 5.63. The molecular weight excluding hydrogens is 481 g/mol. The summed E-state index contributed by atoms with van der Waals surface area (Å²) in [7, 11) is 1.40. The van der Waals surface area contributed by atoms with Crippen LogP contribution in [0.15, 0.2) is 66.4 Å². The lowest BCUT2D eigenvalue weighted by atomic mass is 10.1. The Balaban J connectivity index is 2.01. The van der Waals surface area contributed by atoms with Crippen molar-refractivity contribution in [2.75, 3.05) is 12.4 Å². The van der Waals surface area contributed by atoms with E-state index in [1.165, 1.54) is 43.5 Å². The van der Waals surface area contributed by atoms with Gasteiger partial charge in [0.1, 0.15) is 11.4 Å². The monoisotopic (exact) mass is 499 g/mol. The van der Waals surface area contributed by atoms with Crippen molar-refractivity contribution in [1.29, 1.82) is 0 Å². The summed E-state index contributed by atoms with van der Waals surface area (Å²) in [5, 5.41) is 17.1. The van der Waals surface area contributed by atoms with E-state index in [0.717, 1.165) is 5.56 Å². The summed E-state index contributed by atoms with van der Waals surface area (Å²) >= 11 is 12.1. The number of aryl methyl sites for hydroxylation is 1. The van der Waals surface area contributed by atoms with Crippen LogP contribution >= 0.6 is 23.2 Å². The van der Waals surface area contributed by atoms with Crippen LogP contribution in [0.25, 0.3) is 6.08 Å². The molecule has 0 aromatic heterocycles. The zero-order valence-corrected chi connectivity index (χ0v) is 19.6. The highest BCUT2D eigenvalue weighted by Crippen LogP contribution is 2.24. The fourth-order valence-electron chi connectivity index (χ4n) is 3.02. The Morgan fingerprint density at radius 3 is 2.44 bits per heavy atom. The summed E-state index contributed by atoms with van der Waals surface area (Å²) in [4.78, 5) is 36.8. The number of methoxy groups -OCH3 is 1. The average molecular weight is 500 g/mol. The number of benzene rings is 3. The van der Waals surface area contributed by atoms with Crippen LogP contribution in [-0.2, 0) is 4.79 Å². The van der Waals surface area contributed by atoms with Crippen molar-refractivity contribution in [2.24, 2.45) is 0 Å². The highest BCUT2D eigenvalue weighted by atomic mass is 35.5. The summed E-state index contributed by atoms with van der Waals surface area (Å²) in [5.74, 6) is -1.07. The number of halogens is 2. The molecule has 0 heterocycles. The first-order valence-electron chi connectivity index (χ1n) is 9.86. The van der Waals surface area contributed by atoms with Crippen molar-refractivity contribution in [3.8, 4) is 5.75 Å². The molecule has 2 amide bonds. The van der Waals surface area contributed by atoms with Gasteiger partial charge in [0.05, 0.1) is 17.6 Å². The SMILES string of the molecule is COc1ccc(Cl)cc1C(=O)N/C(=C\c1cccc([N+](=O)[O-])c1)C(=O)Nc1cc(Cl)ccc1C. The van der Waals surface area contributed by atoms with Crippen LogP contribution in [-0.4, -0.2) is 23.8 Å². The van der Waals surface area contributed by atoms with E-state index in [0.29, 0.717) is 21.3 Å². The third-order valence-corrected chi connectivity index (χ3v) is 5.21. The quantitative estimate of drug-likeness (QED) is 0.248. The largest absolute Gasteiger partial charge is 0.496 e. The second kappa shape index (κ2) is 10.8. The molecule has 0 aliphatic carbocycles. The molecule has 3 aromatic carbocycles. The Morgan fingerprint density at radius 1 is 1.03 bits per heavy atom. The van der Waals surface area contributed by atoms with Crippen LogP contribution in [0.2, 0.25) is 10.0 Å². The molecule has 3 aromatic rings. The van der Waals surface area contributed by atoms with E-state index in [4.69, 9.17) is 27.9 Å². The lowest BCUT2D eigenvalue weighted by Gasteiger charge is -2.14. The number of nitro groups is 1. The predicted molar refractivity (Wildman–Crippen MR) is 131 cm³/mol. The van der Waals surface area contributed by atoms with Crippen LogP contribution < -0.4 is 15.4 Å². The van der Waals surface area contributed by atoms with Crippen molar-refractivity contribution < 1.29 is 19.2 Å². The van der Waals surface area contributed by atoms with E-state index in [-0.39, 0.29) is 22.7 Å². The van der Waals surface area contributed by atoms with E-state index in [1.54, 1.807) is 37.3 Å². The topological polar surface area (TPSA) is 111 Å². The van der Waals surface area contributed by atoms with Gasteiger partial charge in [-0.2, -0.15) is 0 Å². The molecule has 0 unspecified atom stereocenters. The number of nitrogens with zero attached hydrogens (tertiary/aromatic N) is 1. The number of carbonyl (C=O) groups is 2. The van der Waals surface area contributed by atoms with Crippen LogP contribution in [0.1, 0.15) is 21.5 Å². The van der Waals surface area contributed by atoms with Crippen molar-refractivity contribution in [2.45, 2.75) is 6.92 Å². The van der Waals surface area contributed by atoms with Gasteiger partial charge in [-0.3, -0.25) is 19.7 Å². The molecule has 0 radical (unpaired) electrons. The van der Waals surface area contributed by atoms with E-state index >= 15 is 0 Å². The van der Waals surface area contributed by atoms with Gasteiger partial charge >= 0.3 is 0 Å². The van der Waals surface area contributed by atoms with Gasteiger partial charge in [0.25, 0.3) is 17.5 Å². The smallest absolute Gasteiger partial charge is 0.272 e. The molecule has 34 heavy (non-hydrogen) atoms. The van der Waals surface area contributed by atoms with Gasteiger partial charge in [0, 0.05) is 27.9 Å². The molecule has 10 heteroatoms. The third-order valence-electron chi connectivity index (χ3n) is 4.74. The standard InChI is InChI=1S/C24H19Cl2N3O5/c1-14-6-7-17(26)13-20(14)27-24(31)21(11-15-4-3-5-18(10-15)29(32)33)28-23(30)19-12-16(25)8-9-22(19)34-2/h3-13H,1-2H3,(H,27,31)(H,28,30)/b21-11-. The molecule has 2 N–H and O–H groups in total. The highest BCUT2D eigenvalue weighted by Gasteiger charge is 2.19. The minimum atomic E-state index is -0.661. The summed E-state index contributed by atoms with van der Waals surface area (Å²) in [5.41, 5.74) is 1.30. The zero-order valence-electron chi connectivity index (χ0n) is 18.1. The molecule has 0 atom stereocenters. The lowest BCUT2D eigenvalue weighted by Crippen LogP contribution is -2.31. The number of amides is 2. The van der Waals surface area contributed by atoms with Gasteiger partial charge in [-0.1, -0.05) is 41.4 Å². The molecule has 8 nitrogen and oxygen atoms in total. The molecular formula is C24H19Cl2N3O5. The second-order valence-corrected chi connectivity index (χ2v) is 8.00. The van der Waals surface area contributed by atoms with Crippen molar-refractivity contribution in [3.63, 3.8) is 0 Å². The minimum Gasteiger partial charge on any atom is -0.496 e. The number of carbonyl (C=O) groups excluding carboxylic acids is 2. The van der Waals surface area contributed by atoms with E-state index in [1.807, 2.05) is 0 Å². The highest BCUT2D eigenvalue weighted by molar-refractivity contribution is 6.31.